The van der Waals surface area contributed by atoms with Crippen molar-refractivity contribution < 1.29 is 4.79 Å². The summed E-state index contributed by atoms with van der Waals surface area (Å²) < 4.78 is 4.04. The topological polar surface area (TPSA) is 85.2 Å². The van der Waals surface area contributed by atoms with E-state index in [2.05, 4.69) is 30.0 Å². The van der Waals surface area contributed by atoms with E-state index in [0.717, 1.165) is 30.9 Å². The second-order valence-corrected chi connectivity index (χ2v) is 5.09. The Balaban J connectivity index is 2.98. The molecule has 4 N–H and O–H groups in total. The minimum Gasteiger partial charge on any atom is -0.382 e. The average Bonchev–Trinajstić information content (AvgIpc) is 2.73. The quantitative estimate of drug-likeness (QED) is 0.794. The summed E-state index contributed by atoms with van der Waals surface area (Å²) in [5, 5.41) is 0.800. The van der Waals surface area contributed by atoms with Crippen LogP contribution in [0, 0.1) is 5.92 Å². The molecule has 1 aromatic rings. The molecular weight excluding hydrogens is 248 g/mol. The number of carbonyl (C=O) groups is 1. The zero-order valence-corrected chi connectivity index (χ0v) is 12.1. The van der Waals surface area contributed by atoms with Crippen LogP contribution < -0.4 is 16.4 Å². The van der Waals surface area contributed by atoms with Crippen LogP contribution in [0.4, 0.5) is 10.8 Å². The number of nitrogens with two attached hydrogens (primary N) is 2. The van der Waals surface area contributed by atoms with Crippen LogP contribution in [0.2, 0.25) is 0 Å². The highest BCUT2D eigenvalue weighted by molar-refractivity contribution is 7.11. The zero-order valence-electron chi connectivity index (χ0n) is 11.3. The molecule has 0 aliphatic heterocycles. The number of hydrogen-bond acceptors (Lipinski definition) is 5. The van der Waals surface area contributed by atoms with E-state index in [-0.39, 0.29) is 5.82 Å². The molecular formula is C12H22N4OS. The number of primary amides is 1. The smallest absolute Gasteiger partial charge is 0.255 e. The van der Waals surface area contributed by atoms with Gasteiger partial charge < -0.3 is 16.4 Å². The number of carbonyl (C=O) groups excluding carboxylic acids is 1. The van der Waals surface area contributed by atoms with E-state index in [9.17, 15) is 4.79 Å². The Kier molecular flexibility index (Phi) is 5.40. The molecule has 1 amide bonds. The summed E-state index contributed by atoms with van der Waals surface area (Å²) >= 11 is 1.25. The Morgan fingerprint density at radius 2 is 2.00 bits per heavy atom. The summed E-state index contributed by atoms with van der Waals surface area (Å²) in [5.74, 6) is 0.346. The number of aromatic nitrogens is 1. The maximum atomic E-state index is 11.4. The molecule has 0 aliphatic rings. The van der Waals surface area contributed by atoms with Gasteiger partial charge in [-0.25, -0.2) is 0 Å². The Bertz CT molecular complexity index is 401. The SMILES string of the molecule is CCC(CC)CN(CC)c1snc(N)c1C(N)=O. The predicted octanol–water partition coefficient (Wildman–Crippen LogP) is 2.09. The first-order valence-electron chi connectivity index (χ1n) is 6.34. The fourth-order valence-corrected chi connectivity index (χ4v) is 2.85. The van der Waals surface area contributed by atoms with Crippen LogP contribution in [-0.4, -0.2) is 23.4 Å². The van der Waals surface area contributed by atoms with Crippen molar-refractivity contribution in [1.29, 1.82) is 0 Å². The van der Waals surface area contributed by atoms with Crippen molar-refractivity contribution in [3.05, 3.63) is 5.56 Å². The van der Waals surface area contributed by atoms with Gasteiger partial charge in [-0.1, -0.05) is 26.7 Å². The molecule has 5 nitrogen and oxygen atoms in total. The molecule has 0 saturated heterocycles. The van der Waals surface area contributed by atoms with E-state index in [1.54, 1.807) is 0 Å². The molecule has 1 heterocycles. The van der Waals surface area contributed by atoms with Gasteiger partial charge in [-0.05, 0) is 24.4 Å². The Morgan fingerprint density at radius 1 is 1.39 bits per heavy atom. The molecule has 0 aliphatic carbocycles. The number of amides is 1. The molecule has 0 fully saturated rings. The van der Waals surface area contributed by atoms with Gasteiger partial charge >= 0.3 is 0 Å². The second-order valence-electron chi connectivity index (χ2n) is 4.33. The van der Waals surface area contributed by atoms with Gasteiger partial charge in [-0.15, -0.1) is 0 Å². The molecule has 0 unspecified atom stereocenters. The molecule has 1 aromatic heterocycles. The molecule has 6 heteroatoms. The first kappa shape index (κ1) is 14.8. The van der Waals surface area contributed by atoms with Crippen LogP contribution in [0.25, 0.3) is 0 Å². The second kappa shape index (κ2) is 6.58. The fraction of sp³-hybridized carbons (Fsp3) is 0.667. The third kappa shape index (κ3) is 3.13. The minimum atomic E-state index is -0.501. The van der Waals surface area contributed by atoms with Crippen LogP contribution >= 0.6 is 11.5 Å². The highest BCUT2D eigenvalue weighted by atomic mass is 32.1. The predicted molar refractivity (Wildman–Crippen MR) is 77.0 cm³/mol. The van der Waals surface area contributed by atoms with Crippen molar-refractivity contribution in [3.8, 4) is 0 Å². The summed E-state index contributed by atoms with van der Waals surface area (Å²) in [6, 6.07) is 0. The molecule has 0 bridgehead atoms. The van der Waals surface area contributed by atoms with Crippen molar-refractivity contribution in [3.63, 3.8) is 0 Å². The monoisotopic (exact) mass is 270 g/mol. The van der Waals surface area contributed by atoms with Gasteiger partial charge in [0.2, 0.25) is 0 Å². The average molecular weight is 270 g/mol. The van der Waals surface area contributed by atoms with Gasteiger partial charge in [0.15, 0.2) is 5.82 Å². The molecule has 0 radical (unpaired) electrons. The van der Waals surface area contributed by atoms with Crippen LogP contribution in [0.3, 0.4) is 0 Å². The van der Waals surface area contributed by atoms with Gasteiger partial charge in [-0.3, -0.25) is 4.79 Å². The largest absolute Gasteiger partial charge is 0.382 e. The van der Waals surface area contributed by atoms with Gasteiger partial charge in [0, 0.05) is 13.1 Å². The maximum Gasteiger partial charge on any atom is 0.255 e. The summed E-state index contributed by atoms with van der Waals surface area (Å²) in [5.41, 5.74) is 11.4. The van der Waals surface area contributed by atoms with Crippen LogP contribution in [0.15, 0.2) is 0 Å². The fourth-order valence-electron chi connectivity index (χ4n) is 1.95. The molecule has 0 aromatic carbocycles. The zero-order chi connectivity index (χ0) is 13.7. The molecule has 0 atom stereocenters. The molecule has 1 rings (SSSR count). The lowest BCUT2D eigenvalue weighted by Crippen LogP contribution is -2.30. The van der Waals surface area contributed by atoms with Crippen molar-refractivity contribution in [2.75, 3.05) is 23.7 Å². The standard InChI is InChI=1S/C12H22N4OS/c1-4-8(5-2)7-16(6-3)12-9(11(14)17)10(13)15-18-12/h8H,4-7H2,1-3H3,(H2,13,15)(H2,14,17). The highest BCUT2D eigenvalue weighted by Gasteiger charge is 2.22. The third-order valence-corrected chi connectivity index (χ3v) is 4.17. The number of nitrogens with zero attached hydrogens (tertiary/aromatic N) is 2. The molecule has 102 valence electrons. The Hall–Kier alpha value is -1.30. The van der Waals surface area contributed by atoms with E-state index < -0.39 is 5.91 Å². The van der Waals surface area contributed by atoms with Gasteiger partial charge in [0.25, 0.3) is 5.91 Å². The first-order valence-corrected chi connectivity index (χ1v) is 7.12. The van der Waals surface area contributed by atoms with E-state index in [4.69, 9.17) is 11.5 Å². The number of hydrogen-bond donors (Lipinski definition) is 2. The summed E-state index contributed by atoms with van der Waals surface area (Å²) in [6.45, 7) is 8.14. The third-order valence-electron chi connectivity index (χ3n) is 3.25. The van der Waals surface area contributed by atoms with Gasteiger partial charge in [0.05, 0.1) is 0 Å². The van der Waals surface area contributed by atoms with E-state index in [1.807, 2.05) is 0 Å². The molecule has 18 heavy (non-hydrogen) atoms. The normalized spacial score (nSPS) is 10.9. The number of rotatable bonds is 7. The Labute approximate surface area is 112 Å². The number of nitrogen functional groups attached to an aromatic ring is 1. The first-order chi connectivity index (χ1) is 8.54. The molecule has 0 saturated carbocycles. The minimum absolute atomic E-state index is 0.241. The summed E-state index contributed by atoms with van der Waals surface area (Å²) in [7, 11) is 0. The van der Waals surface area contributed by atoms with Crippen molar-refractivity contribution in [1.82, 2.24) is 4.37 Å². The van der Waals surface area contributed by atoms with Crippen molar-refractivity contribution >= 4 is 28.3 Å². The maximum absolute atomic E-state index is 11.4. The number of anilines is 2. The van der Waals surface area contributed by atoms with Gasteiger partial charge in [0.1, 0.15) is 10.6 Å². The van der Waals surface area contributed by atoms with Crippen molar-refractivity contribution in [2.45, 2.75) is 33.6 Å². The lowest BCUT2D eigenvalue weighted by molar-refractivity contribution is 0.100. The highest BCUT2D eigenvalue weighted by Crippen LogP contribution is 2.31. The van der Waals surface area contributed by atoms with Crippen LogP contribution in [0.5, 0.6) is 0 Å². The van der Waals surface area contributed by atoms with E-state index >= 15 is 0 Å². The van der Waals surface area contributed by atoms with Crippen LogP contribution in [-0.2, 0) is 0 Å². The van der Waals surface area contributed by atoms with E-state index in [1.165, 1.54) is 11.5 Å². The van der Waals surface area contributed by atoms with Crippen molar-refractivity contribution in [2.24, 2.45) is 11.7 Å². The van der Waals surface area contributed by atoms with Gasteiger partial charge in [-0.2, -0.15) is 4.37 Å². The van der Waals surface area contributed by atoms with Crippen LogP contribution in [0.1, 0.15) is 44.0 Å². The molecule has 0 spiro atoms. The Morgan fingerprint density at radius 3 is 2.44 bits per heavy atom. The summed E-state index contributed by atoms with van der Waals surface area (Å²) in [4.78, 5) is 13.6. The lowest BCUT2D eigenvalue weighted by atomic mass is 10.0. The lowest BCUT2D eigenvalue weighted by Gasteiger charge is -2.26. The summed E-state index contributed by atoms with van der Waals surface area (Å²) in [6.07, 6.45) is 2.24. The van der Waals surface area contributed by atoms with E-state index in [0.29, 0.717) is 11.5 Å².